The Hall–Kier alpha value is -2.12. The van der Waals surface area contributed by atoms with Crippen molar-refractivity contribution in [1.82, 2.24) is 15.5 Å². The summed E-state index contributed by atoms with van der Waals surface area (Å²) in [5.41, 5.74) is -1.32. The van der Waals surface area contributed by atoms with Gasteiger partial charge in [-0.1, -0.05) is 6.92 Å². The Morgan fingerprint density at radius 3 is 2.54 bits per heavy atom. The van der Waals surface area contributed by atoms with Crippen LogP contribution >= 0.6 is 0 Å². The van der Waals surface area contributed by atoms with Gasteiger partial charge >= 0.3 is 12.0 Å². The van der Waals surface area contributed by atoms with E-state index in [0.29, 0.717) is 0 Å². The summed E-state index contributed by atoms with van der Waals surface area (Å²) in [6.07, 6.45) is 2.50. The number of carbonyl (C=O) groups is 4. The molecule has 2 rings (SSSR count). The molecule has 8 heteroatoms. The molecule has 1 aliphatic heterocycles. The average molecular weight is 339 g/mol. The van der Waals surface area contributed by atoms with Crippen molar-refractivity contribution in [3.63, 3.8) is 0 Å². The number of esters is 1. The summed E-state index contributed by atoms with van der Waals surface area (Å²) in [6, 6.07) is -0.595. The zero-order valence-corrected chi connectivity index (χ0v) is 14.6. The lowest BCUT2D eigenvalue weighted by molar-refractivity contribution is -0.151. The number of rotatable bonds is 7. The van der Waals surface area contributed by atoms with Gasteiger partial charge in [-0.15, -0.1) is 0 Å². The second-order valence-corrected chi connectivity index (χ2v) is 7.24. The van der Waals surface area contributed by atoms with Crippen molar-refractivity contribution in [2.24, 2.45) is 5.92 Å². The van der Waals surface area contributed by atoms with Gasteiger partial charge in [-0.3, -0.25) is 19.3 Å². The van der Waals surface area contributed by atoms with Crippen molar-refractivity contribution < 1.29 is 23.9 Å². The van der Waals surface area contributed by atoms with Gasteiger partial charge in [0.25, 0.3) is 11.8 Å². The highest BCUT2D eigenvalue weighted by atomic mass is 16.5. The SMILES string of the molecule is CCC(C)(C)NC(=O)COC(=O)CN1C(=O)N[C@](C)(C2CC2)C1=O. The highest BCUT2D eigenvalue weighted by molar-refractivity contribution is 6.08. The van der Waals surface area contributed by atoms with Gasteiger partial charge in [0.2, 0.25) is 0 Å². The van der Waals surface area contributed by atoms with E-state index in [-0.39, 0.29) is 11.5 Å². The van der Waals surface area contributed by atoms with Crippen molar-refractivity contribution >= 4 is 23.8 Å². The lowest BCUT2D eigenvalue weighted by Crippen LogP contribution is -2.46. The Labute approximate surface area is 141 Å². The number of amides is 4. The van der Waals surface area contributed by atoms with Gasteiger partial charge in [-0.05, 0) is 46.0 Å². The van der Waals surface area contributed by atoms with Gasteiger partial charge in [0.05, 0.1) is 0 Å². The van der Waals surface area contributed by atoms with Crippen molar-refractivity contribution in [2.75, 3.05) is 13.2 Å². The standard InChI is InChI=1S/C16H25N3O5/c1-5-15(2,3)17-11(20)9-24-12(21)8-19-13(22)16(4,10-6-7-10)18-14(19)23/h10H,5-9H2,1-4H3,(H,17,20)(H,18,23)/t16-/m1/s1. The van der Waals surface area contributed by atoms with Crippen LogP contribution in [0.15, 0.2) is 0 Å². The topological polar surface area (TPSA) is 105 Å². The van der Waals surface area contributed by atoms with Crippen LogP contribution in [0.5, 0.6) is 0 Å². The van der Waals surface area contributed by atoms with E-state index in [2.05, 4.69) is 10.6 Å². The first kappa shape index (κ1) is 18.2. The van der Waals surface area contributed by atoms with E-state index in [1.165, 1.54) is 0 Å². The number of hydrogen-bond donors (Lipinski definition) is 2. The Morgan fingerprint density at radius 2 is 2.00 bits per heavy atom. The Balaban J connectivity index is 1.83. The van der Waals surface area contributed by atoms with Crippen molar-refractivity contribution in [2.45, 2.75) is 58.0 Å². The molecule has 0 aromatic heterocycles. The second-order valence-electron chi connectivity index (χ2n) is 7.24. The van der Waals surface area contributed by atoms with E-state index < -0.39 is 42.5 Å². The molecule has 134 valence electrons. The maximum Gasteiger partial charge on any atom is 0.326 e. The van der Waals surface area contributed by atoms with Crippen molar-refractivity contribution in [3.05, 3.63) is 0 Å². The largest absolute Gasteiger partial charge is 0.454 e. The molecule has 2 aliphatic rings. The molecular formula is C16H25N3O5. The molecule has 0 aromatic carbocycles. The highest BCUT2D eigenvalue weighted by Crippen LogP contribution is 2.42. The van der Waals surface area contributed by atoms with Gasteiger partial charge in [0, 0.05) is 5.54 Å². The van der Waals surface area contributed by atoms with Crippen LogP contribution in [0, 0.1) is 5.92 Å². The van der Waals surface area contributed by atoms with Crippen LogP contribution in [0.1, 0.15) is 47.0 Å². The lowest BCUT2D eigenvalue weighted by atomic mass is 9.96. The smallest absolute Gasteiger partial charge is 0.326 e. The fraction of sp³-hybridized carbons (Fsp3) is 0.750. The zero-order valence-electron chi connectivity index (χ0n) is 14.6. The van der Waals surface area contributed by atoms with E-state index in [4.69, 9.17) is 4.74 Å². The van der Waals surface area contributed by atoms with E-state index in [1.54, 1.807) is 6.92 Å². The minimum absolute atomic E-state index is 0.122. The monoisotopic (exact) mass is 339 g/mol. The van der Waals surface area contributed by atoms with Crippen LogP contribution in [0.3, 0.4) is 0 Å². The fourth-order valence-electron chi connectivity index (χ4n) is 2.62. The molecule has 1 saturated carbocycles. The van der Waals surface area contributed by atoms with Crippen LogP contribution in [-0.4, -0.2) is 52.9 Å². The highest BCUT2D eigenvalue weighted by Gasteiger charge is 2.56. The van der Waals surface area contributed by atoms with Gasteiger partial charge < -0.3 is 15.4 Å². The number of nitrogens with zero attached hydrogens (tertiary/aromatic N) is 1. The van der Waals surface area contributed by atoms with E-state index in [1.807, 2.05) is 20.8 Å². The fourth-order valence-corrected chi connectivity index (χ4v) is 2.62. The second kappa shape index (κ2) is 6.41. The number of imide groups is 1. The Bertz CT molecular complexity index is 570. The maximum atomic E-state index is 12.4. The van der Waals surface area contributed by atoms with Crippen LogP contribution in [0.4, 0.5) is 4.79 Å². The third-order valence-corrected chi connectivity index (χ3v) is 4.71. The summed E-state index contributed by atoms with van der Waals surface area (Å²) >= 11 is 0. The first-order valence-corrected chi connectivity index (χ1v) is 8.20. The van der Waals surface area contributed by atoms with Gasteiger partial charge in [-0.25, -0.2) is 4.79 Å². The van der Waals surface area contributed by atoms with E-state index in [9.17, 15) is 19.2 Å². The normalized spacial score (nSPS) is 23.9. The number of nitrogens with one attached hydrogen (secondary N) is 2. The molecule has 4 amide bonds. The molecule has 1 saturated heterocycles. The van der Waals surface area contributed by atoms with Gasteiger partial charge in [0.15, 0.2) is 6.61 Å². The van der Waals surface area contributed by atoms with Crippen molar-refractivity contribution in [1.29, 1.82) is 0 Å². The molecule has 2 fully saturated rings. The van der Waals surface area contributed by atoms with Crippen LogP contribution < -0.4 is 10.6 Å². The first-order valence-electron chi connectivity index (χ1n) is 8.20. The predicted octanol–water partition coefficient (Wildman–Crippen LogP) is 0.555. The summed E-state index contributed by atoms with van der Waals surface area (Å²) in [5, 5.41) is 5.38. The van der Waals surface area contributed by atoms with E-state index >= 15 is 0 Å². The van der Waals surface area contributed by atoms with Gasteiger partial charge in [-0.2, -0.15) is 0 Å². The predicted molar refractivity (Wildman–Crippen MR) is 84.8 cm³/mol. The average Bonchev–Trinajstić information content (AvgIpc) is 3.31. The van der Waals surface area contributed by atoms with Gasteiger partial charge in [0.1, 0.15) is 12.1 Å². The van der Waals surface area contributed by atoms with Crippen LogP contribution in [0.2, 0.25) is 0 Å². The molecule has 8 nitrogen and oxygen atoms in total. The number of hydrogen-bond acceptors (Lipinski definition) is 5. The van der Waals surface area contributed by atoms with Crippen molar-refractivity contribution in [3.8, 4) is 0 Å². The molecule has 0 unspecified atom stereocenters. The summed E-state index contributed by atoms with van der Waals surface area (Å²) < 4.78 is 4.87. The minimum Gasteiger partial charge on any atom is -0.454 e. The van der Waals surface area contributed by atoms with Crippen LogP contribution in [-0.2, 0) is 19.1 Å². The molecule has 1 heterocycles. The zero-order chi connectivity index (χ0) is 18.1. The maximum absolute atomic E-state index is 12.4. The molecular weight excluding hydrogens is 314 g/mol. The Kier molecular flexibility index (Phi) is 4.87. The lowest BCUT2D eigenvalue weighted by Gasteiger charge is -2.24. The summed E-state index contributed by atoms with van der Waals surface area (Å²) in [4.78, 5) is 48.8. The quantitative estimate of drug-likeness (QED) is 0.521. The number of carbonyl (C=O) groups excluding carboxylic acids is 4. The molecule has 0 bridgehead atoms. The van der Waals surface area contributed by atoms with Crippen LogP contribution in [0.25, 0.3) is 0 Å². The molecule has 1 atom stereocenters. The molecule has 2 N–H and O–H groups in total. The summed E-state index contributed by atoms with van der Waals surface area (Å²) in [5.74, 6) is -1.50. The third-order valence-electron chi connectivity index (χ3n) is 4.71. The summed E-state index contributed by atoms with van der Waals surface area (Å²) in [6.45, 7) is 6.40. The van der Waals surface area contributed by atoms with E-state index in [0.717, 1.165) is 24.2 Å². The molecule has 0 radical (unpaired) electrons. The number of urea groups is 1. The first-order chi connectivity index (χ1) is 11.1. The summed E-state index contributed by atoms with van der Waals surface area (Å²) in [7, 11) is 0. The molecule has 1 aliphatic carbocycles. The number of ether oxygens (including phenoxy) is 1. The molecule has 0 aromatic rings. The third kappa shape index (κ3) is 3.85. The molecule has 0 spiro atoms. The Morgan fingerprint density at radius 1 is 1.38 bits per heavy atom. The minimum atomic E-state index is -0.931. The molecule has 24 heavy (non-hydrogen) atoms.